The second-order valence-electron chi connectivity index (χ2n) is 8.81. The van der Waals surface area contributed by atoms with Crippen LogP contribution in [0.4, 0.5) is 11.5 Å². The number of methoxy groups -OCH3 is 1. The number of ether oxygens (including phenoxy) is 1. The van der Waals surface area contributed by atoms with Crippen LogP contribution >= 0.6 is 11.6 Å². The maximum atomic E-state index is 12.8. The molecule has 0 unspecified atom stereocenters. The van der Waals surface area contributed by atoms with E-state index in [4.69, 9.17) is 21.3 Å². The van der Waals surface area contributed by atoms with Crippen LogP contribution < -0.4 is 10.6 Å². The summed E-state index contributed by atoms with van der Waals surface area (Å²) >= 11 is 6.57. The van der Waals surface area contributed by atoms with Gasteiger partial charge >= 0.3 is 0 Å². The van der Waals surface area contributed by atoms with Gasteiger partial charge in [-0.2, -0.15) is 0 Å². The van der Waals surface area contributed by atoms with E-state index in [1.54, 1.807) is 7.11 Å². The van der Waals surface area contributed by atoms with Gasteiger partial charge < -0.3 is 15.4 Å². The molecule has 1 aliphatic carbocycles. The zero-order valence-electron chi connectivity index (χ0n) is 20.3. The number of anilines is 2. The zero-order valence-corrected chi connectivity index (χ0v) is 21.0. The third-order valence-electron chi connectivity index (χ3n) is 6.30. The van der Waals surface area contributed by atoms with E-state index in [0.717, 1.165) is 46.2 Å². The molecule has 1 aliphatic rings. The van der Waals surface area contributed by atoms with E-state index in [2.05, 4.69) is 15.6 Å². The number of nitrogens with zero attached hydrogens (tertiary/aromatic N) is 2. The highest BCUT2D eigenvalue weighted by atomic mass is 35.5. The van der Waals surface area contributed by atoms with E-state index in [0.29, 0.717) is 35.2 Å². The number of rotatable bonds is 8. The first-order chi connectivity index (χ1) is 17.5. The average Bonchev–Trinajstić information content (AvgIpc) is 3.74. The summed E-state index contributed by atoms with van der Waals surface area (Å²) in [5.41, 5.74) is 4.53. The fraction of sp³-hybridized carbons (Fsp3) is 0.207. The molecule has 1 saturated carbocycles. The predicted octanol–water partition coefficient (Wildman–Crippen LogP) is 6.40. The van der Waals surface area contributed by atoms with Gasteiger partial charge in [0, 0.05) is 36.7 Å². The second kappa shape index (κ2) is 10.4. The van der Waals surface area contributed by atoms with Gasteiger partial charge in [-0.15, -0.1) is 0 Å². The lowest BCUT2D eigenvalue weighted by molar-refractivity contribution is 0.102. The largest absolute Gasteiger partial charge is 0.501 e. The van der Waals surface area contributed by atoms with Crippen molar-refractivity contribution in [1.29, 1.82) is 0 Å². The number of carbonyl (C=O) groups excluding carboxylic acids is 1. The van der Waals surface area contributed by atoms with Gasteiger partial charge in [-0.3, -0.25) is 4.79 Å². The molecule has 2 N–H and O–H groups in total. The highest BCUT2D eigenvalue weighted by Gasteiger charge is 2.22. The van der Waals surface area contributed by atoms with Crippen molar-refractivity contribution < 1.29 is 9.53 Å². The number of benzene rings is 3. The zero-order chi connectivity index (χ0) is 25.1. The molecule has 5 rings (SSSR count). The van der Waals surface area contributed by atoms with Crippen LogP contribution in [0.3, 0.4) is 0 Å². The molecule has 4 aromatic rings. The molecule has 0 bridgehead atoms. The lowest BCUT2D eigenvalue weighted by Crippen LogP contribution is -2.11. The molecule has 0 aliphatic heterocycles. The van der Waals surface area contributed by atoms with Crippen molar-refractivity contribution in [3.8, 4) is 0 Å². The van der Waals surface area contributed by atoms with Gasteiger partial charge in [0.1, 0.15) is 16.8 Å². The smallest absolute Gasteiger partial charge is 0.255 e. The number of hydrogen-bond acceptors (Lipinski definition) is 5. The van der Waals surface area contributed by atoms with Gasteiger partial charge in [-0.1, -0.05) is 54.1 Å². The van der Waals surface area contributed by atoms with Gasteiger partial charge in [0.05, 0.1) is 12.9 Å². The number of carbonyl (C=O) groups is 1. The lowest BCUT2D eigenvalue weighted by atomic mass is 10.1. The minimum atomic E-state index is -0.144. The van der Waals surface area contributed by atoms with Gasteiger partial charge in [0.2, 0.25) is 0 Å². The van der Waals surface area contributed by atoms with Crippen LogP contribution in [0.2, 0.25) is 5.15 Å². The van der Waals surface area contributed by atoms with Crippen molar-refractivity contribution in [2.24, 2.45) is 0 Å². The second-order valence-corrected chi connectivity index (χ2v) is 9.16. The first-order valence-corrected chi connectivity index (χ1v) is 12.3. The average molecular weight is 499 g/mol. The van der Waals surface area contributed by atoms with Crippen molar-refractivity contribution in [3.63, 3.8) is 0 Å². The topological polar surface area (TPSA) is 76.1 Å². The first kappa shape index (κ1) is 23.8. The molecule has 1 heterocycles. The summed E-state index contributed by atoms with van der Waals surface area (Å²) in [7, 11) is 3.52. The molecule has 6 nitrogen and oxygen atoms in total. The molecule has 182 valence electrons. The molecule has 0 radical (unpaired) electrons. The highest BCUT2D eigenvalue weighted by Crippen LogP contribution is 2.35. The Labute approximate surface area is 215 Å². The summed E-state index contributed by atoms with van der Waals surface area (Å²) in [6.45, 7) is 0. The molecular weight excluding hydrogens is 472 g/mol. The van der Waals surface area contributed by atoms with Crippen LogP contribution in [0.5, 0.6) is 0 Å². The normalized spacial score (nSPS) is 12.4. The van der Waals surface area contributed by atoms with Gasteiger partial charge in [-0.25, -0.2) is 9.97 Å². The standard InChI is InChI=1S/C29H27ClN4O2/c1-31-28-24(17-25(36-2)20-10-11-20)27(30)33-26(34-28)15-18-7-13-23(14-8-18)32-29(35)22-12-9-19-5-3-4-6-21(19)16-22/h3-9,12-14,16H,10-11,15,17H2,1-2H3,(H,32,35)(H,31,33,34). The molecule has 0 saturated heterocycles. The monoisotopic (exact) mass is 498 g/mol. The van der Waals surface area contributed by atoms with Crippen molar-refractivity contribution >= 4 is 39.8 Å². The summed E-state index contributed by atoms with van der Waals surface area (Å²) in [4.78, 5) is 22.0. The fourth-order valence-corrected chi connectivity index (χ4v) is 4.46. The minimum absolute atomic E-state index is 0.144. The molecule has 36 heavy (non-hydrogen) atoms. The Morgan fingerprint density at radius 3 is 2.44 bits per heavy atom. The van der Waals surface area contributed by atoms with Crippen LogP contribution in [0, 0.1) is 0 Å². The number of hydrogen-bond donors (Lipinski definition) is 2. The summed E-state index contributed by atoms with van der Waals surface area (Å²) in [6, 6.07) is 21.4. The summed E-state index contributed by atoms with van der Waals surface area (Å²) in [6.07, 6.45) is 3.25. The van der Waals surface area contributed by atoms with Crippen LogP contribution in [-0.2, 0) is 17.6 Å². The molecule has 0 spiro atoms. The van der Waals surface area contributed by atoms with Crippen molar-refractivity contribution in [2.45, 2.75) is 25.7 Å². The molecule has 3 aromatic carbocycles. The Morgan fingerprint density at radius 1 is 1.00 bits per heavy atom. The van der Waals surface area contributed by atoms with Crippen LogP contribution in [0.1, 0.15) is 40.2 Å². The highest BCUT2D eigenvalue weighted by molar-refractivity contribution is 6.30. The Morgan fingerprint density at radius 2 is 1.75 bits per heavy atom. The summed E-state index contributed by atoms with van der Waals surface area (Å²) in [5.74, 6) is 2.14. The molecular formula is C29H27ClN4O2. The van der Waals surface area contributed by atoms with E-state index in [1.165, 1.54) is 5.57 Å². The van der Waals surface area contributed by atoms with Crippen LogP contribution in [0.25, 0.3) is 10.8 Å². The maximum absolute atomic E-state index is 12.8. The Kier molecular flexibility index (Phi) is 6.87. The van der Waals surface area contributed by atoms with Crippen LogP contribution in [-0.4, -0.2) is 30.0 Å². The minimum Gasteiger partial charge on any atom is -0.501 e. The maximum Gasteiger partial charge on any atom is 0.255 e. The lowest BCUT2D eigenvalue weighted by Gasteiger charge is -2.13. The fourth-order valence-electron chi connectivity index (χ4n) is 4.21. The third kappa shape index (κ3) is 5.34. The van der Waals surface area contributed by atoms with Crippen molar-refractivity contribution in [1.82, 2.24) is 9.97 Å². The first-order valence-electron chi connectivity index (χ1n) is 11.9. The predicted molar refractivity (Wildman–Crippen MR) is 145 cm³/mol. The molecule has 1 aromatic heterocycles. The summed E-state index contributed by atoms with van der Waals surface area (Å²) < 4.78 is 5.55. The Balaban J connectivity index is 1.27. The molecule has 1 fully saturated rings. The SMILES string of the molecule is CNc1nc(Cc2ccc(NC(=O)c3ccc4ccccc4c3)cc2)nc(Cl)c1CC(OC)=C1CC1. The third-order valence-corrected chi connectivity index (χ3v) is 6.62. The van der Waals surface area contributed by atoms with Gasteiger partial charge in [0.25, 0.3) is 5.91 Å². The number of aromatic nitrogens is 2. The summed E-state index contributed by atoms with van der Waals surface area (Å²) in [5, 5.41) is 8.69. The van der Waals surface area contributed by atoms with Crippen molar-refractivity contribution in [2.75, 3.05) is 24.8 Å². The Bertz CT molecular complexity index is 1460. The van der Waals surface area contributed by atoms with E-state index in [-0.39, 0.29) is 5.91 Å². The van der Waals surface area contributed by atoms with E-state index in [9.17, 15) is 4.79 Å². The van der Waals surface area contributed by atoms with E-state index < -0.39 is 0 Å². The quantitative estimate of drug-likeness (QED) is 0.217. The van der Waals surface area contributed by atoms with Gasteiger partial charge in [0.15, 0.2) is 0 Å². The number of halogens is 1. The Hall–Kier alpha value is -3.90. The van der Waals surface area contributed by atoms with Crippen molar-refractivity contribution in [3.05, 3.63) is 106 Å². The van der Waals surface area contributed by atoms with Crippen LogP contribution in [0.15, 0.2) is 78.1 Å². The molecule has 1 amide bonds. The number of allylic oxidation sites excluding steroid dienone is 2. The number of amides is 1. The van der Waals surface area contributed by atoms with Gasteiger partial charge in [-0.05, 0) is 59.0 Å². The van der Waals surface area contributed by atoms with E-state index in [1.807, 2.05) is 73.8 Å². The number of fused-ring (bicyclic) bond motifs is 1. The number of nitrogens with one attached hydrogen (secondary N) is 2. The van der Waals surface area contributed by atoms with E-state index >= 15 is 0 Å². The molecule has 7 heteroatoms. The molecule has 0 atom stereocenters.